The maximum atomic E-state index is 10.9. The van der Waals surface area contributed by atoms with Gasteiger partial charge in [-0.05, 0) is 31.0 Å². The summed E-state index contributed by atoms with van der Waals surface area (Å²) in [7, 11) is 0. The number of nitrogens with one attached hydrogen (secondary N) is 2. The molecule has 1 aliphatic carbocycles. The highest BCUT2D eigenvalue weighted by molar-refractivity contribution is 5.88. The van der Waals surface area contributed by atoms with Crippen molar-refractivity contribution in [2.24, 2.45) is 0 Å². The lowest BCUT2D eigenvalue weighted by Gasteiger charge is -1.95. The Morgan fingerprint density at radius 2 is 2.15 bits per heavy atom. The van der Waals surface area contributed by atoms with Crippen molar-refractivity contribution in [2.45, 2.75) is 18.8 Å². The van der Waals surface area contributed by atoms with Gasteiger partial charge in [-0.25, -0.2) is 9.78 Å². The Balaban J connectivity index is 1.76. The summed E-state index contributed by atoms with van der Waals surface area (Å²) < 4.78 is 0. The smallest absolute Gasteiger partial charge is 0.353 e. The predicted octanol–water partition coefficient (Wildman–Crippen LogP) is 2.53. The lowest BCUT2D eigenvalue weighted by Crippen LogP contribution is -1.95. The van der Waals surface area contributed by atoms with E-state index in [2.05, 4.69) is 20.2 Å². The van der Waals surface area contributed by atoms with Gasteiger partial charge in [-0.1, -0.05) is 6.07 Å². The fourth-order valence-electron chi connectivity index (χ4n) is 2.32. The molecule has 0 unspecified atom stereocenters. The maximum absolute atomic E-state index is 10.9. The zero-order valence-corrected chi connectivity index (χ0v) is 10.6. The summed E-state index contributed by atoms with van der Waals surface area (Å²) in [6.45, 7) is 0. The number of nitrogens with zero attached hydrogens (tertiary/aromatic N) is 2. The topological polar surface area (TPSA) is 94.7 Å². The van der Waals surface area contributed by atoms with Gasteiger partial charge in [-0.3, -0.25) is 5.10 Å². The minimum absolute atomic E-state index is 0.0865. The largest absolute Gasteiger partial charge is 0.477 e. The third kappa shape index (κ3) is 1.77. The average Bonchev–Trinajstić information content (AvgIpc) is 3.02. The van der Waals surface area contributed by atoms with E-state index in [4.69, 9.17) is 5.11 Å². The number of aromatic carboxylic acids is 1. The van der Waals surface area contributed by atoms with Crippen LogP contribution in [0.5, 0.6) is 0 Å². The Morgan fingerprint density at radius 1 is 1.30 bits per heavy atom. The van der Waals surface area contributed by atoms with Crippen LogP contribution < -0.4 is 0 Å². The number of carbonyl (C=O) groups is 1. The van der Waals surface area contributed by atoms with Crippen LogP contribution in [0.1, 0.15) is 35.1 Å². The lowest BCUT2D eigenvalue weighted by atomic mass is 10.1. The van der Waals surface area contributed by atoms with Gasteiger partial charge in [0.15, 0.2) is 0 Å². The van der Waals surface area contributed by atoms with E-state index < -0.39 is 5.97 Å². The van der Waals surface area contributed by atoms with Crippen LogP contribution in [0.25, 0.3) is 22.3 Å². The van der Waals surface area contributed by atoms with Gasteiger partial charge in [0.1, 0.15) is 11.5 Å². The number of carboxylic acids is 1. The predicted molar refractivity (Wildman–Crippen MR) is 72.6 cm³/mol. The molecule has 1 aliphatic rings. The van der Waals surface area contributed by atoms with Crippen molar-refractivity contribution in [2.75, 3.05) is 0 Å². The number of fused-ring (bicyclic) bond motifs is 1. The van der Waals surface area contributed by atoms with Crippen LogP contribution in [-0.4, -0.2) is 31.2 Å². The summed E-state index contributed by atoms with van der Waals surface area (Å²) in [5, 5.41) is 15.4. The van der Waals surface area contributed by atoms with Crippen molar-refractivity contribution in [3.63, 3.8) is 0 Å². The molecular weight excluding hydrogens is 256 g/mol. The Hall–Kier alpha value is -2.63. The molecule has 6 nitrogen and oxygen atoms in total. The molecule has 1 aromatic carbocycles. The third-order valence-electron chi connectivity index (χ3n) is 3.57. The zero-order chi connectivity index (χ0) is 13.7. The molecule has 20 heavy (non-hydrogen) atoms. The highest BCUT2D eigenvalue weighted by Crippen LogP contribution is 2.39. The van der Waals surface area contributed by atoms with Gasteiger partial charge in [-0.15, -0.1) is 0 Å². The summed E-state index contributed by atoms with van der Waals surface area (Å²) in [4.78, 5) is 18.8. The number of carboxylic acid groups (broad SMARTS) is 1. The van der Waals surface area contributed by atoms with Crippen molar-refractivity contribution in [1.82, 2.24) is 20.2 Å². The number of H-pyrrole nitrogens is 2. The standard InChI is InChI=1S/C14H12N4O2/c19-14(20)12-6-10(17-18-12)8-3-4-9-11(5-8)16-13(15-9)7-1-2-7/h3-7H,1-2H2,(H,15,16)(H,17,18)(H,19,20). The first-order valence-corrected chi connectivity index (χ1v) is 6.49. The van der Waals surface area contributed by atoms with E-state index in [0.717, 1.165) is 22.4 Å². The molecule has 3 N–H and O–H groups in total. The third-order valence-corrected chi connectivity index (χ3v) is 3.57. The molecule has 1 saturated carbocycles. The van der Waals surface area contributed by atoms with Gasteiger partial charge in [0, 0.05) is 11.5 Å². The fourth-order valence-corrected chi connectivity index (χ4v) is 2.32. The van der Waals surface area contributed by atoms with Crippen LogP contribution in [0.4, 0.5) is 0 Å². The van der Waals surface area contributed by atoms with Gasteiger partial charge in [0.2, 0.25) is 0 Å². The number of imidazole rings is 1. The van der Waals surface area contributed by atoms with E-state index >= 15 is 0 Å². The molecular formula is C14H12N4O2. The molecule has 0 radical (unpaired) electrons. The molecule has 0 aliphatic heterocycles. The van der Waals surface area contributed by atoms with Crippen LogP contribution in [-0.2, 0) is 0 Å². The molecule has 0 bridgehead atoms. The van der Waals surface area contributed by atoms with E-state index in [1.54, 1.807) is 0 Å². The quantitative estimate of drug-likeness (QED) is 0.680. The Morgan fingerprint density at radius 3 is 2.85 bits per heavy atom. The second-order valence-electron chi connectivity index (χ2n) is 5.10. The van der Waals surface area contributed by atoms with Gasteiger partial charge in [0.25, 0.3) is 0 Å². The van der Waals surface area contributed by atoms with E-state index in [0.29, 0.717) is 11.6 Å². The Bertz CT molecular complexity index is 814. The van der Waals surface area contributed by atoms with Crippen LogP contribution in [0.15, 0.2) is 24.3 Å². The molecule has 100 valence electrons. The fraction of sp³-hybridized carbons (Fsp3) is 0.214. The molecule has 2 heterocycles. The SMILES string of the molecule is O=C(O)c1cc(-c2ccc3nc(C4CC4)[nH]c3c2)n[nH]1. The summed E-state index contributed by atoms with van der Waals surface area (Å²) in [6, 6.07) is 7.32. The van der Waals surface area contributed by atoms with Crippen molar-refractivity contribution in [3.05, 3.63) is 35.8 Å². The summed E-state index contributed by atoms with van der Waals surface area (Å²) in [6.07, 6.45) is 2.40. The molecule has 0 amide bonds. The summed E-state index contributed by atoms with van der Waals surface area (Å²) in [5.41, 5.74) is 3.47. The van der Waals surface area contributed by atoms with Gasteiger partial charge in [-0.2, -0.15) is 5.10 Å². The minimum Gasteiger partial charge on any atom is -0.477 e. The average molecular weight is 268 g/mol. The van der Waals surface area contributed by atoms with Gasteiger partial charge >= 0.3 is 5.97 Å². The van der Waals surface area contributed by atoms with Crippen molar-refractivity contribution < 1.29 is 9.90 Å². The lowest BCUT2D eigenvalue weighted by molar-refractivity contribution is 0.0690. The highest BCUT2D eigenvalue weighted by atomic mass is 16.4. The second kappa shape index (κ2) is 3.93. The molecule has 0 atom stereocenters. The van der Waals surface area contributed by atoms with Gasteiger partial charge < -0.3 is 10.1 Å². The van der Waals surface area contributed by atoms with Crippen molar-refractivity contribution in [1.29, 1.82) is 0 Å². The number of hydrogen-bond acceptors (Lipinski definition) is 3. The maximum Gasteiger partial charge on any atom is 0.353 e. The highest BCUT2D eigenvalue weighted by Gasteiger charge is 2.26. The van der Waals surface area contributed by atoms with E-state index in [1.165, 1.54) is 18.9 Å². The molecule has 4 rings (SSSR count). The first kappa shape index (κ1) is 11.2. The minimum atomic E-state index is -1.01. The molecule has 2 aromatic heterocycles. The number of aromatic nitrogens is 4. The first-order valence-electron chi connectivity index (χ1n) is 6.49. The second-order valence-corrected chi connectivity index (χ2v) is 5.10. The number of rotatable bonds is 3. The monoisotopic (exact) mass is 268 g/mol. The van der Waals surface area contributed by atoms with E-state index in [-0.39, 0.29) is 5.69 Å². The van der Waals surface area contributed by atoms with Crippen LogP contribution in [0.3, 0.4) is 0 Å². The van der Waals surface area contributed by atoms with E-state index in [9.17, 15) is 4.79 Å². The first-order chi connectivity index (χ1) is 9.70. The van der Waals surface area contributed by atoms with Crippen molar-refractivity contribution >= 4 is 17.0 Å². The molecule has 0 spiro atoms. The number of aromatic amines is 2. The normalized spacial score (nSPS) is 14.8. The summed E-state index contributed by atoms with van der Waals surface area (Å²) >= 11 is 0. The van der Waals surface area contributed by atoms with Crippen LogP contribution >= 0.6 is 0 Å². The number of hydrogen-bond donors (Lipinski definition) is 3. The molecule has 0 saturated heterocycles. The number of benzene rings is 1. The van der Waals surface area contributed by atoms with Gasteiger partial charge in [0.05, 0.1) is 16.7 Å². The zero-order valence-electron chi connectivity index (χ0n) is 10.6. The van der Waals surface area contributed by atoms with Crippen LogP contribution in [0.2, 0.25) is 0 Å². The molecule has 6 heteroatoms. The Kier molecular flexibility index (Phi) is 2.20. The Labute approximate surface area is 113 Å². The molecule has 1 fully saturated rings. The van der Waals surface area contributed by atoms with Crippen LogP contribution in [0, 0.1) is 0 Å². The van der Waals surface area contributed by atoms with Crippen molar-refractivity contribution in [3.8, 4) is 11.3 Å². The summed E-state index contributed by atoms with van der Waals surface area (Å²) in [5.74, 6) is 0.614. The van der Waals surface area contributed by atoms with E-state index in [1.807, 2.05) is 18.2 Å². The molecule has 3 aromatic rings.